The number of fused-ring (bicyclic) bond motifs is 1. The number of aromatic nitrogens is 1. The van der Waals surface area contributed by atoms with Crippen molar-refractivity contribution in [3.8, 4) is 0 Å². The molecule has 1 aliphatic rings. The average molecular weight is 385 g/mol. The van der Waals surface area contributed by atoms with Gasteiger partial charge in [-0.2, -0.15) is 0 Å². The molecule has 0 atom stereocenters. The summed E-state index contributed by atoms with van der Waals surface area (Å²) < 4.78 is 0. The van der Waals surface area contributed by atoms with Gasteiger partial charge in [0, 0.05) is 45.8 Å². The molecule has 0 radical (unpaired) electrons. The first-order valence-electron chi connectivity index (χ1n) is 8.58. The van der Waals surface area contributed by atoms with Crippen molar-refractivity contribution in [2.24, 2.45) is 0 Å². The molecule has 0 fully saturated rings. The highest BCUT2D eigenvalue weighted by atomic mass is 35.5. The summed E-state index contributed by atoms with van der Waals surface area (Å²) in [5.74, 6) is 0.143. The molecule has 2 aromatic carbocycles. The second-order valence-corrected chi connectivity index (χ2v) is 7.39. The van der Waals surface area contributed by atoms with E-state index in [1.807, 2.05) is 53.6 Å². The maximum absolute atomic E-state index is 12.5. The molecule has 2 heterocycles. The van der Waals surface area contributed by atoms with E-state index in [0.29, 0.717) is 18.0 Å². The van der Waals surface area contributed by atoms with Crippen molar-refractivity contribution in [2.75, 3.05) is 13.1 Å². The van der Waals surface area contributed by atoms with Crippen molar-refractivity contribution in [1.82, 2.24) is 9.88 Å². The van der Waals surface area contributed by atoms with Gasteiger partial charge >= 0.3 is 0 Å². The van der Waals surface area contributed by atoms with Gasteiger partial charge in [-0.15, -0.1) is 0 Å². The number of halogens is 2. The van der Waals surface area contributed by atoms with E-state index in [-0.39, 0.29) is 5.91 Å². The molecule has 132 valence electrons. The third kappa shape index (κ3) is 3.50. The minimum absolute atomic E-state index is 0.143. The monoisotopic (exact) mass is 384 g/mol. The topological polar surface area (TPSA) is 36.1 Å². The molecular weight excluding hydrogens is 367 g/mol. The number of carbonyl (C=O) groups is 1. The normalized spacial score (nSPS) is 14.5. The van der Waals surface area contributed by atoms with E-state index in [0.717, 1.165) is 34.5 Å². The maximum atomic E-state index is 12.5. The quantitative estimate of drug-likeness (QED) is 0.650. The largest absolute Gasteiger partial charge is 0.361 e. The zero-order valence-corrected chi connectivity index (χ0v) is 15.6. The van der Waals surface area contributed by atoms with Gasteiger partial charge in [-0.3, -0.25) is 4.79 Å². The maximum Gasteiger partial charge on any atom is 0.227 e. The van der Waals surface area contributed by atoms with Gasteiger partial charge in [0.1, 0.15) is 0 Å². The van der Waals surface area contributed by atoms with Crippen LogP contribution in [0.1, 0.15) is 17.5 Å². The molecule has 0 aliphatic carbocycles. The van der Waals surface area contributed by atoms with Gasteiger partial charge in [0.2, 0.25) is 5.91 Å². The van der Waals surface area contributed by atoms with Crippen LogP contribution in [-0.2, 0) is 11.2 Å². The summed E-state index contributed by atoms with van der Waals surface area (Å²) in [6, 6.07) is 13.3. The zero-order chi connectivity index (χ0) is 18.1. The first-order valence-corrected chi connectivity index (χ1v) is 9.34. The molecule has 4 rings (SSSR count). The molecule has 1 aromatic heterocycles. The van der Waals surface area contributed by atoms with Crippen molar-refractivity contribution >= 4 is 45.6 Å². The van der Waals surface area contributed by atoms with E-state index >= 15 is 0 Å². The smallest absolute Gasteiger partial charge is 0.227 e. The molecule has 0 bridgehead atoms. The van der Waals surface area contributed by atoms with Gasteiger partial charge in [-0.05, 0) is 47.9 Å². The number of H-pyrrole nitrogens is 1. The highest BCUT2D eigenvalue weighted by molar-refractivity contribution is 6.31. The highest BCUT2D eigenvalue weighted by Crippen LogP contribution is 2.31. The molecule has 1 aliphatic heterocycles. The number of nitrogens with zero attached hydrogens (tertiary/aromatic N) is 1. The summed E-state index contributed by atoms with van der Waals surface area (Å²) in [7, 11) is 0. The molecule has 3 aromatic rings. The SMILES string of the molecule is O=C(Cc1ccc(Cl)cc1)N1CC=C(c2c[nH]c3ccc(Cl)cc23)CC1. The Morgan fingerprint density at radius 2 is 1.85 bits per heavy atom. The van der Waals surface area contributed by atoms with Crippen molar-refractivity contribution in [2.45, 2.75) is 12.8 Å². The highest BCUT2D eigenvalue weighted by Gasteiger charge is 2.19. The van der Waals surface area contributed by atoms with Crippen LogP contribution in [0.25, 0.3) is 16.5 Å². The molecule has 1 amide bonds. The minimum Gasteiger partial charge on any atom is -0.361 e. The van der Waals surface area contributed by atoms with Crippen molar-refractivity contribution in [1.29, 1.82) is 0 Å². The standard InChI is InChI=1S/C21H18Cl2N2O/c22-16-3-1-14(2-4-16)11-21(26)25-9-7-15(8-10-25)19-13-24-20-6-5-17(23)12-18(19)20/h1-7,12-13,24H,8-11H2. The summed E-state index contributed by atoms with van der Waals surface area (Å²) in [4.78, 5) is 17.7. The number of aromatic amines is 1. The lowest BCUT2D eigenvalue weighted by Gasteiger charge is -2.26. The van der Waals surface area contributed by atoms with Gasteiger partial charge in [0.15, 0.2) is 0 Å². The number of hydrogen-bond donors (Lipinski definition) is 1. The lowest BCUT2D eigenvalue weighted by Crippen LogP contribution is -2.35. The number of nitrogens with one attached hydrogen (secondary N) is 1. The van der Waals surface area contributed by atoms with E-state index in [1.54, 1.807) is 0 Å². The predicted molar refractivity (Wildman–Crippen MR) is 108 cm³/mol. The van der Waals surface area contributed by atoms with Gasteiger partial charge in [0.05, 0.1) is 6.42 Å². The number of amides is 1. The van der Waals surface area contributed by atoms with Crippen LogP contribution in [-0.4, -0.2) is 28.9 Å². The van der Waals surface area contributed by atoms with Crippen LogP contribution in [0.5, 0.6) is 0 Å². The summed E-state index contributed by atoms with van der Waals surface area (Å²) >= 11 is 12.0. The second-order valence-electron chi connectivity index (χ2n) is 6.51. The first-order chi connectivity index (χ1) is 12.6. The molecule has 26 heavy (non-hydrogen) atoms. The van der Waals surface area contributed by atoms with Crippen LogP contribution >= 0.6 is 23.2 Å². The molecule has 3 nitrogen and oxygen atoms in total. The van der Waals surface area contributed by atoms with Crippen LogP contribution in [0.15, 0.2) is 54.7 Å². The molecule has 0 saturated carbocycles. The van der Waals surface area contributed by atoms with Gasteiger partial charge < -0.3 is 9.88 Å². The average Bonchev–Trinajstić information content (AvgIpc) is 3.06. The lowest BCUT2D eigenvalue weighted by atomic mass is 9.98. The van der Waals surface area contributed by atoms with Crippen molar-refractivity contribution in [3.63, 3.8) is 0 Å². The number of rotatable bonds is 3. The van der Waals surface area contributed by atoms with Crippen LogP contribution in [0.4, 0.5) is 0 Å². The summed E-state index contributed by atoms with van der Waals surface area (Å²) in [5, 5.41) is 2.55. The molecule has 0 saturated heterocycles. The van der Waals surface area contributed by atoms with Gasteiger partial charge in [0.25, 0.3) is 0 Å². The number of hydrogen-bond acceptors (Lipinski definition) is 1. The Morgan fingerprint density at radius 1 is 1.08 bits per heavy atom. The predicted octanol–water partition coefficient (Wildman–Crippen LogP) is 5.33. The van der Waals surface area contributed by atoms with Crippen LogP contribution in [0.3, 0.4) is 0 Å². The van der Waals surface area contributed by atoms with E-state index in [4.69, 9.17) is 23.2 Å². The molecule has 0 unspecified atom stereocenters. The molecular formula is C21H18Cl2N2O. The Labute approximate surface area is 162 Å². The fraction of sp³-hybridized carbons (Fsp3) is 0.190. The van der Waals surface area contributed by atoms with Gasteiger partial charge in [-0.25, -0.2) is 0 Å². The minimum atomic E-state index is 0.143. The summed E-state index contributed by atoms with van der Waals surface area (Å²) in [5.41, 5.74) is 4.49. The third-order valence-electron chi connectivity index (χ3n) is 4.82. The number of carbonyl (C=O) groups excluding carboxylic acids is 1. The number of benzene rings is 2. The first kappa shape index (κ1) is 17.2. The van der Waals surface area contributed by atoms with Crippen molar-refractivity contribution < 1.29 is 4.79 Å². The van der Waals surface area contributed by atoms with E-state index < -0.39 is 0 Å². The van der Waals surface area contributed by atoms with Crippen LogP contribution in [0, 0.1) is 0 Å². The van der Waals surface area contributed by atoms with Crippen LogP contribution < -0.4 is 0 Å². The molecule has 0 spiro atoms. The van der Waals surface area contributed by atoms with E-state index in [9.17, 15) is 4.79 Å². The zero-order valence-electron chi connectivity index (χ0n) is 14.1. The Bertz CT molecular complexity index is 989. The molecule has 1 N–H and O–H groups in total. The Hall–Kier alpha value is -2.23. The van der Waals surface area contributed by atoms with E-state index in [2.05, 4.69) is 11.1 Å². The summed E-state index contributed by atoms with van der Waals surface area (Å²) in [6.07, 6.45) is 5.42. The van der Waals surface area contributed by atoms with Gasteiger partial charge in [-0.1, -0.05) is 41.4 Å². The second kappa shape index (κ2) is 7.18. The van der Waals surface area contributed by atoms with E-state index in [1.165, 1.54) is 11.1 Å². The summed E-state index contributed by atoms with van der Waals surface area (Å²) in [6.45, 7) is 1.36. The Kier molecular flexibility index (Phi) is 4.75. The van der Waals surface area contributed by atoms with Crippen LogP contribution in [0.2, 0.25) is 10.0 Å². The molecule has 5 heteroatoms. The van der Waals surface area contributed by atoms with Crippen molar-refractivity contribution in [3.05, 3.63) is 75.9 Å². The fourth-order valence-electron chi connectivity index (χ4n) is 3.39. The fourth-order valence-corrected chi connectivity index (χ4v) is 3.69. The third-order valence-corrected chi connectivity index (χ3v) is 5.31. The Balaban J connectivity index is 1.48. The lowest BCUT2D eigenvalue weighted by molar-refractivity contribution is -0.130. The Morgan fingerprint density at radius 3 is 2.58 bits per heavy atom.